The highest BCUT2D eigenvalue weighted by Gasteiger charge is 2.27. The van der Waals surface area contributed by atoms with Crippen molar-refractivity contribution in [3.63, 3.8) is 0 Å². The third kappa shape index (κ3) is 6.24. The highest BCUT2D eigenvalue weighted by atomic mass is 32.1. The summed E-state index contributed by atoms with van der Waals surface area (Å²) in [6.45, 7) is 2.50. The summed E-state index contributed by atoms with van der Waals surface area (Å²) in [5.74, 6) is 0.413. The van der Waals surface area contributed by atoms with Crippen LogP contribution in [0.2, 0.25) is 0 Å². The lowest BCUT2D eigenvalue weighted by Gasteiger charge is -2.29. The molecule has 0 aliphatic carbocycles. The van der Waals surface area contributed by atoms with Crippen LogP contribution in [-0.2, 0) is 11.2 Å². The molecule has 2 aromatic carbocycles. The van der Waals surface area contributed by atoms with Gasteiger partial charge in [-0.15, -0.1) is 11.3 Å². The molecule has 6 nitrogen and oxygen atoms in total. The second kappa shape index (κ2) is 11.8. The molecule has 2 N–H and O–H groups in total. The van der Waals surface area contributed by atoms with Crippen LogP contribution in [0.1, 0.15) is 39.7 Å². The summed E-state index contributed by atoms with van der Waals surface area (Å²) < 4.78 is 5.31. The molecular weight excluding hydrogens is 446 g/mol. The van der Waals surface area contributed by atoms with Crippen LogP contribution < -0.4 is 15.4 Å². The van der Waals surface area contributed by atoms with Crippen molar-refractivity contribution in [2.45, 2.75) is 31.3 Å². The molecule has 178 valence electrons. The minimum absolute atomic E-state index is 0.0720. The van der Waals surface area contributed by atoms with Crippen LogP contribution >= 0.6 is 11.3 Å². The Morgan fingerprint density at radius 2 is 1.74 bits per heavy atom. The smallest absolute Gasteiger partial charge is 0.262 e. The average Bonchev–Trinajstić information content (AvgIpc) is 3.60. The van der Waals surface area contributed by atoms with Gasteiger partial charge in [-0.3, -0.25) is 14.5 Å². The summed E-state index contributed by atoms with van der Waals surface area (Å²) in [6, 6.07) is 20.8. The lowest BCUT2D eigenvalue weighted by atomic mass is 10.0. The quantitative estimate of drug-likeness (QED) is 0.462. The first-order valence-corrected chi connectivity index (χ1v) is 12.6. The van der Waals surface area contributed by atoms with Crippen LogP contribution in [0.25, 0.3) is 0 Å². The minimum atomic E-state index is -0.660. The Kier molecular flexibility index (Phi) is 8.33. The van der Waals surface area contributed by atoms with E-state index in [0.717, 1.165) is 42.8 Å². The normalized spacial score (nSPS) is 15.4. The van der Waals surface area contributed by atoms with Gasteiger partial charge in [0, 0.05) is 13.0 Å². The predicted octanol–water partition coefficient (Wildman–Crippen LogP) is 4.05. The molecule has 7 heteroatoms. The Morgan fingerprint density at radius 1 is 1.00 bits per heavy atom. The molecule has 4 rings (SSSR count). The van der Waals surface area contributed by atoms with Crippen molar-refractivity contribution < 1.29 is 14.3 Å². The molecule has 1 aromatic heterocycles. The molecule has 2 heterocycles. The Balaban J connectivity index is 1.48. The number of nitrogens with zero attached hydrogens (tertiary/aromatic N) is 1. The Bertz CT molecular complexity index is 1050. The fraction of sp³-hybridized carbons (Fsp3) is 0.333. The number of thiophene rings is 1. The molecule has 1 saturated heterocycles. The van der Waals surface area contributed by atoms with Gasteiger partial charge < -0.3 is 15.4 Å². The van der Waals surface area contributed by atoms with Crippen LogP contribution in [0.15, 0.2) is 72.1 Å². The summed E-state index contributed by atoms with van der Waals surface area (Å²) in [5, 5.41) is 7.94. The van der Waals surface area contributed by atoms with E-state index in [1.165, 1.54) is 11.3 Å². The molecule has 1 fully saturated rings. The molecule has 1 aliphatic heterocycles. The predicted molar refractivity (Wildman–Crippen MR) is 135 cm³/mol. The van der Waals surface area contributed by atoms with Crippen molar-refractivity contribution in [1.29, 1.82) is 0 Å². The summed E-state index contributed by atoms with van der Waals surface area (Å²) in [5.41, 5.74) is 2.14. The van der Waals surface area contributed by atoms with E-state index >= 15 is 0 Å². The maximum Gasteiger partial charge on any atom is 0.262 e. The van der Waals surface area contributed by atoms with E-state index in [4.69, 9.17) is 4.74 Å². The van der Waals surface area contributed by atoms with Gasteiger partial charge in [0.15, 0.2) is 0 Å². The molecule has 0 radical (unpaired) electrons. The highest BCUT2D eigenvalue weighted by Crippen LogP contribution is 2.26. The fourth-order valence-electron chi connectivity index (χ4n) is 4.35. The van der Waals surface area contributed by atoms with Gasteiger partial charge in [0.25, 0.3) is 5.91 Å². The summed E-state index contributed by atoms with van der Waals surface area (Å²) in [4.78, 5) is 29.1. The number of carbonyl (C=O) groups is 2. The zero-order valence-electron chi connectivity index (χ0n) is 19.4. The van der Waals surface area contributed by atoms with Gasteiger partial charge in [0.1, 0.15) is 11.8 Å². The second-order valence-corrected chi connectivity index (χ2v) is 9.42. The van der Waals surface area contributed by atoms with Gasteiger partial charge in [0.2, 0.25) is 5.91 Å². The second-order valence-electron chi connectivity index (χ2n) is 8.47. The van der Waals surface area contributed by atoms with Crippen molar-refractivity contribution in [1.82, 2.24) is 15.5 Å². The highest BCUT2D eigenvalue weighted by molar-refractivity contribution is 7.12. The van der Waals surface area contributed by atoms with Crippen LogP contribution in [-0.4, -0.2) is 49.5 Å². The maximum atomic E-state index is 13.3. The lowest BCUT2D eigenvalue weighted by Crippen LogP contribution is -2.49. The molecule has 3 aromatic rings. The number of rotatable bonds is 10. The summed E-state index contributed by atoms with van der Waals surface area (Å²) in [6.07, 6.45) is 2.75. The van der Waals surface area contributed by atoms with E-state index in [0.29, 0.717) is 17.8 Å². The topological polar surface area (TPSA) is 70.7 Å². The first-order valence-electron chi connectivity index (χ1n) is 11.7. The molecule has 2 unspecified atom stereocenters. The zero-order chi connectivity index (χ0) is 23.8. The van der Waals surface area contributed by atoms with Gasteiger partial charge in [-0.05, 0) is 60.6 Å². The number of hydrogen-bond donors (Lipinski definition) is 2. The lowest BCUT2D eigenvalue weighted by molar-refractivity contribution is -0.123. The van der Waals surface area contributed by atoms with E-state index in [-0.39, 0.29) is 17.9 Å². The molecule has 2 atom stereocenters. The SMILES string of the molecule is COc1ccc(C(CNC(=O)C(Cc2ccccc2)NC(=O)c2cccs2)N2CCCC2)cc1. The largest absolute Gasteiger partial charge is 0.497 e. The van der Waals surface area contributed by atoms with Crippen LogP contribution in [0.3, 0.4) is 0 Å². The number of carbonyl (C=O) groups excluding carboxylic acids is 2. The molecular formula is C27H31N3O3S. The van der Waals surface area contributed by atoms with Crippen molar-refractivity contribution in [3.05, 3.63) is 88.1 Å². The number of methoxy groups -OCH3 is 1. The van der Waals surface area contributed by atoms with Gasteiger partial charge in [-0.25, -0.2) is 0 Å². The van der Waals surface area contributed by atoms with Crippen LogP contribution in [0, 0.1) is 0 Å². The van der Waals surface area contributed by atoms with Crippen LogP contribution in [0.4, 0.5) is 0 Å². The molecule has 1 aliphatic rings. The number of likely N-dealkylation sites (tertiary alicyclic amines) is 1. The van der Waals surface area contributed by atoms with E-state index < -0.39 is 6.04 Å². The third-order valence-electron chi connectivity index (χ3n) is 6.20. The number of nitrogens with one attached hydrogen (secondary N) is 2. The fourth-order valence-corrected chi connectivity index (χ4v) is 4.98. The Hall–Kier alpha value is -3.16. The number of ether oxygens (including phenoxy) is 1. The maximum absolute atomic E-state index is 13.3. The molecule has 34 heavy (non-hydrogen) atoms. The number of amides is 2. The Labute approximate surface area is 204 Å². The zero-order valence-corrected chi connectivity index (χ0v) is 20.2. The first-order chi connectivity index (χ1) is 16.6. The van der Waals surface area contributed by atoms with Gasteiger partial charge in [-0.2, -0.15) is 0 Å². The van der Waals surface area contributed by atoms with Gasteiger partial charge >= 0.3 is 0 Å². The molecule has 2 amide bonds. The first kappa shape index (κ1) is 24.0. The van der Waals surface area contributed by atoms with E-state index in [2.05, 4.69) is 27.7 Å². The molecule has 0 spiro atoms. The minimum Gasteiger partial charge on any atom is -0.497 e. The summed E-state index contributed by atoms with van der Waals surface area (Å²) >= 11 is 1.37. The van der Waals surface area contributed by atoms with Gasteiger partial charge in [0.05, 0.1) is 18.0 Å². The monoisotopic (exact) mass is 477 g/mol. The van der Waals surface area contributed by atoms with E-state index in [1.807, 2.05) is 53.9 Å². The summed E-state index contributed by atoms with van der Waals surface area (Å²) in [7, 11) is 1.66. The van der Waals surface area contributed by atoms with Crippen molar-refractivity contribution >= 4 is 23.2 Å². The van der Waals surface area contributed by atoms with Gasteiger partial charge in [-0.1, -0.05) is 48.5 Å². The van der Waals surface area contributed by atoms with E-state index in [1.54, 1.807) is 13.2 Å². The molecule has 0 bridgehead atoms. The molecule has 0 saturated carbocycles. The standard InChI is InChI=1S/C27H31N3O3S/c1-33-22-13-11-21(12-14-22)24(30-15-5-6-16-30)19-28-26(31)23(18-20-8-3-2-4-9-20)29-27(32)25-10-7-17-34-25/h2-4,7-14,17,23-24H,5-6,15-16,18-19H2,1H3,(H,28,31)(H,29,32). The van der Waals surface area contributed by atoms with Crippen LogP contribution in [0.5, 0.6) is 5.75 Å². The Morgan fingerprint density at radius 3 is 2.38 bits per heavy atom. The van der Waals surface area contributed by atoms with Crippen molar-refractivity contribution in [2.75, 3.05) is 26.7 Å². The number of benzene rings is 2. The third-order valence-corrected chi connectivity index (χ3v) is 7.07. The van der Waals surface area contributed by atoms with Crippen molar-refractivity contribution in [3.8, 4) is 5.75 Å². The van der Waals surface area contributed by atoms with E-state index in [9.17, 15) is 9.59 Å². The van der Waals surface area contributed by atoms with Crippen molar-refractivity contribution in [2.24, 2.45) is 0 Å². The number of hydrogen-bond acceptors (Lipinski definition) is 5. The average molecular weight is 478 g/mol.